The molecule has 36 heavy (non-hydrogen) atoms. The summed E-state index contributed by atoms with van der Waals surface area (Å²) in [5, 5.41) is 9.00. The first-order valence-electron chi connectivity index (χ1n) is 12.1. The fourth-order valence-corrected chi connectivity index (χ4v) is 4.09. The summed E-state index contributed by atoms with van der Waals surface area (Å²) in [7, 11) is 0. The topological polar surface area (TPSA) is 44.1 Å². The Hall–Kier alpha value is -2.59. The van der Waals surface area contributed by atoms with Gasteiger partial charge in [0.05, 0.1) is 16.1 Å². The molecule has 3 rings (SSSR count). The summed E-state index contributed by atoms with van der Waals surface area (Å²) in [6.45, 7) is 13.1. The van der Waals surface area contributed by atoms with Gasteiger partial charge in [-0.15, -0.1) is 0 Å². The third kappa shape index (κ3) is 9.46. The van der Waals surface area contributed by atoms with E-state index in [0.29, 0.717) is 34.4 Å². The van der Waals surface area contributed by atoms with Gasteiger partial charge < -0.3 is 4.90 Å². The number of nitrogens with zero attached hydrogens (tertiary/aromatic N) is 2. The molecule has 0 aliphatic carbocycles. The van der Waals surface area contributed by atoms with Crippen molar-refractivity contribution in [2.24, 2.45) is 11.8 Å². The van der Waals surface area contributed by atoms with Gasteiger partial charge >= 0.3 is 6.18 Å². The molecule has 8 heteroatoms. The number of benzene rings is 2. The molecule has 3 nitrogen and oxygen atoms in total. The Kier molecular flexibility index (Phi) is 12.4. The van der Waals surface area contributed by atoms with E-state index in [1.807, 2.05) is 24.0 Å². The molecule has 1 saturated heterocycles. The number of carbonyl (C=O) groups is 1. The number of hydrogen-bond acceptors (Lipinski definition) is 2. The van der Waals surface area contributed by atoms with Crippen molar-refractivity contribution in [1.82, 2.24) is 4.90 Å². The third-order valence-electron chi connectivity index (χ3n) is 6.26. The van der Waals surface area contributed by atoms with Crippen molar-refractivity contribution in [3.8, 4) is 6.07 Å². The Bertz CT molecular complexity index is 1050. The third-order valence-corrected chi connectivity index (χ3v) is 6.57. The lowest BCUT2D eigenvalue weighted by Gasteiger charge is -2.22. The van der Waals surface area contributed by atoms with E-state index < -0.39 is 17.6 Å². The van der Waals surface area contributed by atoms with Crippen LogP contribution in [0, 0.1) is 35.9 Å². The number of nitriles is 1. The molecule has 198 valence electrons. The zero-order valence-corrected chi connectivity index (χ0v) is 22.5. The van der Waals surface area contributed by atoms with Gasteiger partial charge in [-0.3, -0.25) is 4.79 Å². The van der Waals surface area contributed by atoms with E-state index in [9.17, 15) is 22.4 Å². The van der Waals surface area contributed by atoms with E-state index in [2.05, 4.69) is 27.7 Å². The molecule has 0 N–H and O–H groups in total. The molecule has 2 aromatic carbocycles. The summed E-state index contributed by atoms with van der Waals surface area (Å²) in [5.74, 6) is 0.998. The molecule has 2 unspecified atom stereocenters. The highest BCUT2D eigenvalue weighted by atomic mass is 35.5. The lowest BCUT2D eigenvalue weighted by molar-refractivity contribution is -0.138. The number of rotatable bonds is 4. The first-order chi connectivity index (χ1) is 16.7. The van der Waals surface area contributed by atoms with Crippen LogP contribution in [0.3, 0.4) is 0 Å². The van der Waals surface area contributed by atoms with Gasteiger partial charge in [-0.2, -0.15) is 18.4 Å². The maximum Gasteiger partial charge on any atom is 0.416 e. The Balaban J connectivity index is 0.000000273. The molecule has 1 aliphatic heterocycles. The number of hydrogen-bond donors (Lipinski definition) is 0. The van der Waals surface area contributed by atoms with E-state index in [4.69, 9.17) is 16.9 Å². The summed E-state index contributed by atoms with van der Waals surface area (Å²) in [5.41, 5.74) is 0.847. The van der Waals surface area contributed by atoms with Crippen LogP contribution in [-0.2, 0) is 17.4 Å². The van der Waals surface area contributed by atoms with Crippen LogP contribution in [0.2, 0.25) is 5.02 Å². The van der Waals surface area contributed by atoms with Gasteiger partial charge in [0.1, 0.15) is 11.9 Å². The Morgan fingerprint density at radius 3 is 2.22 bits per heavy atom. The number of amides is 1. The summed E-state index contributed by atoms with van der Waals surface area (Å²) in [4.78, 5) is 13.6. The standard InChI is InChI=1S/C11H21NO.C9H8F4.C8H6ClN/c1-5-9(4)10-6-11(13)12(7-10)8(2)3;1-2-6-5-7(10)3-4-8(6)9(11,12)13;1-6-2-3-7(5-10)8(9)4-6/h8-10H,5-7H2,1-4H3;3-5H,2H2,1H3;2-4H,1H3. The van der Waals surface area contributed by atoms with Crippen LogP contribution in [0.5, 0.6) is 0 Å². The Labute approximate surface area is 217 Å². The number of carbonyl (C=O) groups excluding carboxylic acids is 1. The first kappa shape index (κ1) is 31.4. The van der Waals surface area contributed by atoms with Gasteiger partial charge in [-0.25, -0.2) is 4.39 Å². The van der Waals surface area contributed by atoms with Crippen molar-refractivity contribution in [3.05, 3.63) is 69.5 Å². The molecule has 0 radical (unpaired) electrons. The van der Waals surface area contributed by atoms with Gasteiger partial charge in [0, 0.05) is 19.0 Å². The minimum atomic E-state index is -4.39. The summed E-state index contributed by atoms with van der Waals surface area (Å²) < 4.78 is 49.3. The second-order valence-electron chi connectivity index (χ2n) is 9.24. The molecule has 0 bridgehead atoms. The lowest BCUT2D eigenvalue weighted by atomic mass is 9.91. The molecule has 2 aromatic rings. The van der Waals surface area contributed by atoms with Crippen molar-refractivity contribution >= 4 is 17.5 Å². The van der Waals surface area contributed by atoms with E-state index in [1.54, 1.807) is 19.1 Å². The highest BCUT2D eigenvalue weighted by molar-refractivity contribution is 6.31. The predicted octanol–water partition coefficient (Wildman–Crippen LogP) is 8.22. The summed E-state index contributed by atoms with van der Waals surface area (Å²) in [6, 6.07) is 10.2. The van der Waals surface area contributed by atoms with Crippen LogP contribution >= 0.6 is 11.6 Å². The van der Waals surface area contributed by atoms with Gasteiger partial charge in [0.2, 0.25) is 5.91 Å². The van der Waals surface area contributed by atoms with Crippen LogP contribution < -0.4 is 0 Å². The molecule has 0 saturated carbocycles. The molecular formula is C28H35ClF4N2O. The Morgan fingerprint density at radius 1 is 1.14 bits per heavy atom. The highest BCUT2D eigenvalue weighted by Gasteiger charge is 2.33. The van der Waals surface area contributed by atoms with E-state index >= 15 is 0 Å². The number of likely N-dealkylation sites (tertiary alicyclic amines) is 1. The number of halogens is 5. The number of alkyl halides is 3. The fraction of sp³-hybridized carbons (Fsp3) is 0.500. The van der Waals surface area contributed by atoms with Gasteiger partial charge in [-0.05, 0) is 80.5 Å². The summed E-state index contributed by atoms with van der Waals surface area (Å²) >= 11 is 5.71. The van der Waals surface area contributed by atoms with Crippen molar-refractivity contribution in [2.75, 3.05) is 6.54 Å². The summed E-state index contributed by atoms with van der Waals surface area (Å²) in [6.07, 6.45) is -2.26. The molecule has 0 spiro atoms. The van der Waals surface area contributed by atoms with Crippen LogP contribution in [0.1, 0.15) is 69.7 Å². The van der Waals surface area contributed by atoms with Crippen LogP contribution in [0.15, 0.2) is 36.4 Å². The zero-order chi connectivity index (χ0) is 27.6. The predicted molar refractivity (Wildman–Crippen MR) is 136 cm³/mol. The maximum absolute atomic E-state index is 12.6. The van der Waals surface area contributed by atoms with Gasteiger partial charge in [-0.1, -0.05) is 44.9 Å². The van der Waals surface area contributed by atoms with Crippen LogP contribution in [0.25, 0.3) is 0 Å². The molecule has 1 fully saturated rings. The molecule has 1 amide bonds. The minimum Gasteiger partial charge on any atom is -0.340 e. The van der Waals surface area contributed by atoms with E-state index in [-0.39, 0.29) is 12.0 Å². The van der Waals surface area contributed by atoms with Crippen LogP contribution in [0.4, 0.5) is 17.6 Å². The Morgan fingerprint density at radius 2 is 1.78 bits per heavy atom. The molecule has 2 atom stereocenters. The quantitative estimate of drug-likeness (QED) is 0.377. The zero-order valence-electron chi connectivity index (χ0n) is 21.7. The average molecular weight is 527 g/mol. The minimum absolute atomic E-state index is 0.00694. The second-order valence-corrected chi connectivity index (χ2v) is 9.64. The fourth-order valence-electron chi connectivity index (χ4n) is 3.82. The largest absolute Gasteiger partial charge is 0.416 e. The van der Waals surface area contributed by atoms with Crippen LogP contribution in [-0.4, -0.2) is 23.4 Å². The molecule has 1 heterocycles. The number of aryl methyl sites for hydroxylation is 2. The average Bonchev–Trinajstić information content (AvgIpc) is 3.20. The smallest absolute Gasteiger partial charge is 0.340 e. The monoisotopic (exact) mass is 526 g/mol. The van der Waals surface area contributed by atoms with E-state index in [1.165, 1.54) is 6.42 Å². The van der Waals surface area contributed by atoms with E-state index in [0.717, 1.165) is 36.7 Å². The molecule has 1 aliphatic rings. The maximum atomic E-state index is 12.6. The van der Waals surface area contributed by atoms with Crippen molar-refractivity contribution in [2.45, 2.75) is 73.0 Å². The highest BCUT2D eigenvalue weighted by Crippen LogP contribution is 2.32. The van der Waals surface area contributed by atoms with Gasteiger partial charge in [0.25, 0.3) is 0 Å². The normalized spacial score (nSPS) is 16.0. The second kappa shape index (κ2) is 14.2. The first-order valence-corrected chi connectivity index (χ1v) is 12.4. The lowest BCUT2D eigenvalue weighted by Crippen LogP contribution is -2.32. The molecular weight excluding hydrogens is 492 g/mol. The van der Waals surface area contributed by atoms with Gasteiger partial charge in [0.15, 0.2) is 0 Å². The SMILES string of the molecule is CCC(C)C1CC(=O)N(C(C)C)C1.CCc1cc(F)ccc1C(F)(F)F.Cc1ccc(C#N)c(Cl)c1. The van der Waals surface area contributed by atoms with Crippen molar-refractivity contribution < 1.29 is 22.4 Å². The molecule has 0 aromatic heterocycles. The van der Waals surface area contributed by atoms with Crippen molar-refractivity contribution in [1.29, 1.82) is 5.26 Å². The van der Waals surface area contributed by atoms with Crippen molar-refractivity contribution in [3.63, 3.8) is 0 Å².